The quantitative estimate of drug-likeness (QED) is 0.216. The first-order valence-corrected chi connectivity index (χ1v) is 9.54. The molecule has 2 heterocycles. The van der Waals surface area contributed by atoms with E-state index in [1.807, 2.05) is 0 Å². The van der Waals surface area contributed by atoms with Gasteiger partial charge in [-0.2, -0.15) is 0 Å². The molecule has 0 saturated carbocycles. The number of nitrogens with zero attached hydrogens (tertiary/aromatic N) is 3. The van der Waals surface area contributed by atoms with Gasteiger partial charge in [-0.15, -0.1) is 0 Å². The third kappa shape index (κ3) is 3.83. The van der Waals surface area contributed by atoms with Crippen molar-refractivity contribution in [2.24, 2.45) is 0 Å². The SMILES string of the molecule is O=C1C(=O)N(Cc2cccnc2)C(c2cccc([N+](=O)[O-])c2)/C1=C(/O)c1ccc(F)cc1. The normalized spacial score (nSPS) is 17.5. The molecule has 0 aliphatic carbocycles. The van der Waals surface area contributed by atoms with Gasteiger partial charge < -0.3 is 10.0 Å². The van der Waals surface area contributed by atoms with Gasteiger partial charge in [0.05, 0.1) is 16.5 Å². The van der Waals surface area contributed by atoms with E-state index < -0.39 is 34.2 Å². The zero-order chi connectivity index (χ0) is 22.8. The van der Waals surface area contributed by atoms with Crippen LogP contribution in [-0.2, 0) is 16.1 Å². The molecule has 2 aromatic carbocycles. The van der Waals surface area contributed by atoms with Crippen LogP contribution in [0.2, 0.25) is 0 Å². The Balaban J connectivity index is 1.89. The maximum absolute atomic E-state index is 13.3. The molecule has 1 N–H and O–H groups in total. The Bertz CT molecular complexity index is 1240. The Hall–Kier alpha value is -4.40. The number of aliphatic hydroxyl groups is 1. The second kappa shape index (κ2) is 8.38. The Morgan fingerprint density at radius 2 is 1.88 bits per heavy atom. The van der Waals surface area contributed by atoms with Crippen molar-refractivity contribution >= 4 is 23.1 Å². The lowest BCUT2D eigenvalue weighted by Crippen LogP contribution is -2.29. The largest absolute Gasteiger partial charge is 0.507 e. The first kappa shape index (κ1) is 20.9. The molecule has 4 rings (SSSR count). The third-order valence-corrected chi connectivity index (χ3v) is 5.13. The fourth-order valence-corrected chi connectivity index (χ4v) is 3.65. The Morgan fingerprint density at radius 3 is 2.53 bits per heavy atom. The lowest BCUT2D eigenvalue weighted by molar-refractivity contribution is -0.384. The van der Waals surface area contributed by atoms with Gasteiger partial charge in [-0.1, -0.05) is 18.2 Å². The molecule has 3 aromatic rings. The molecule has 1 fully saturated rings. The number of nitro benzene ring substituents is 1. The number of hydrogen-bond donors (Lipinski definition) is 1. The maximum Gasteiger partial charge on any atom is 0.295 e. The third-order valence-electron chi connectivity index (χ3n) is 5.13. The number of aliphatic hydroxyl groups excluding tert-OH is 1. The van der Waals surface area contributed by atoms with Crippen LogP contribution in [-0.4, -0.2) is 31.6 Å². The summed E-state index contributed by atoms with van der Waals surface area (Å²) >= 11 is 0. The fourth-order valence-electron chi connectivity index (χ4n) is 3.65. The number of rotatable bonds is 5. The van der Waals surface area contributed by atoms with E-state index in [0.29, 0.717) is 5.56 Å². The Kier molecular flexibility index (Phi) is 5.46. The second-order valence-electron chi connectivity index (χ2n) is 7.15. The van der Waals surface area contributed by atoms with Gasteiger partial charge in [0.2, 0.25) is 0 Å². The summed E-state index contributed by atoms with van der Waals surface area (Å²) < 4.78 is 13.3. The average Bonchev–Trinajstić information content (AvgIpc) is 3.05. The van der Waals surface area contributed by atoms with Crippen LogP contribution < -0.4 is 0 Å². The zero-order valence-electron chi connectivity index (χ0n) is 16.5. The molecule has 160 valence electrons. The fraction of sp³-hybridized carbons (Fsp3) is 0.0870. The Morgan fingerprint density at radius 1 is 1.12 bits per heavy atom. The average molecular weight is 433 g/mol. The lowest BCUT2D eigenvalue weighted by Gasteiger charge is -2.25. The highest BCUT2D eigenvalue weighted by molar-refractivity contribution is 6.46. The second-order valence-corrected chi connectivity index (χ2v) is 7.15. The number of Topliss-reactive ketones (excluding diaryl/α,β-unsaturated/α-hetero) is 1. The standard InChI is InChI=1S/C23H16FN3O5/c24-17-8-6-15(7-9-17)21(28)19-20(16-4-1-5-18(11-16)27(31)32)26(23(30)22(19)29)13-14-3-2-10-25-12-14/h1-12,20,28H,13H2/b21-19-. The van der Waals surface area contributed by atoms with Crippen molar-refractivity contribution in [1.82, 2.24) is 9.88 Å². The van der Waals surface area contributed by atoms with E-state index in [9.17, 15) is 29.2 Å². The van der Waals surface area contributed by atoms with Crippen LogP contribution in [0.1, 0.15) is 22.7 Å². The number of pyridine rings is 1. The first-order valence-electron chi connectivity index (χ1n) is 9.54. The van der Waals surface area contributed by atoms with Crippen molar-refractivity contribution < 1.29 is 24.0 Å². The van der Waals surface area contributed by atoms with E-state index in [2.05, 4.69) is 4.98 Å². The van der Waals surface area contributed by atoms with Crippen molar-refractivity contribution in [3.63, 3.8) is 0 Å². The number of nitro groups is 1. The highest BCUT2D eigenvalue weighted by Gasteiger charge is 2.46. The van der Waals surface area contributed by atoms with Gasteiger partial charge in [-0.3, -0.25) is 24.7 Å². The van der Waals surface area contributed by atoms with Crippen LogP contribution in [0.5, 0.6) is 0 Å². The number of hydrogen-bond acceptors (Lipinski definition) is 6. The number of ketones is 1. The van der Waals surface area contributed by atoms with Gasteiger partial charge >= 0.3 is 0 Å². The van der Waals surface area contributed by atoms with Gasteiger partial charge in [0.1, 0.15) is 11.6 Å². The predicted molar refractivity (Wildman–Crippen MR) is 112 cm³/mol. The molecule has 0 radical (unpaired) electrons. The molecule has 1 atom stereocenters. The van der Waals surface area contributed by atoms with Crippen LogP contribution in [0.15, 0.2) is 78.6 Å². The summed E-state index contributed by atoms with van der Waals surface area (Å²) in [7, 11) is 0. The summed E-state index contributed by atoms with van der Waals surface area (Å²) in [6.45, 7) is -0.00797. The topological polar surface area (TPSA) is 114 Å². The van der Waals surface area contributed by atoms with Crippen molar-refractivity contribution in [1.29, 1.82) is 0 Å². The molecule has 1 amide bonds. The van der Waals surface area contributed by atoms with Crippen LogP contribution in [0.3, 0.4) is 0 Å². The monoisotopic (exact) mass is 433 g/mol. The van der Waals surface area contributed by atoms with E-state index in [0.717, 1.165) is 12.1 Å². The summed E-state index contributed by atoms with van der Waals surface area (Å²) in [5.41, 5.74) is 0.598. The van der Waals surface area contributed by atoms with Crippen LogP contribution in [0.25, 0.3) is 5.76 Å². The number of aromatic nitrogens is 1. The van der Waals surface area contributed by atoms with Gasteiger partial charge in [0.15, 0.2) is 0 Å². The smallest absolute Gasteiger partial charge is 0.295 e. The first-order chi connectivity index (χ1) is 15.4. The predicted octanol–water partition coefficient (Wildman–Crippen LogP) is 3.75. The molecule has 1 aromatic heterocycles. The van der Waals surface area contributed by atoms with Gasteiger partial charge in [-0.05, 0) is 41.5 Å². The summed E-state index contributed by atoms with van der Waals surface area (Å²) in [5, 5.41) is 22.2. The molecule has 0 bridgehead atoms. The maximum atomic E-state index is 13.3. The van der Waals surface area contributed by atoms with Gasteiger partial charge in [0.25, 0.3) is 17.4 Å². The Labute approximate surface area is 181 Å². The number of carbonyl (C=O) groups is 2. The number of carbonyl (C=O) groups excluding carboxylic acids is 2. The van der Waals surface area contributed by atoms with E-state index in [-0.39, 0.29) is 28.9 Å². The lowest BCUT2D eigenvalue weighted by atomic mass is 9.95. The van der Waals surface area contributed by atoms with E-state index >= 15 is 0 Å². The van der Waals surface area contributed by atoms with Crippen molar-refractivity contribution in [3.05, 3.63) is 111 Å². The van der Waals surface area contributed by atoms with E-state index in [1.165, 1.54) is 47.5 Å². The molecular formula is C23H16FN3O5. The number of amides is 1. The van der Waals surface area contributed by atoms with Crippen LogP contribution >= 0.6 is 0 Å². The summed E-state index contributed by atoms with van der Waals surface area (Å²) in [4.78, 5) is 41.8. The minimum Gasteiger partial charge on any atom is -0.507 e. The summed E-state index contributed by atoms with van der Waals surface area (Å²) in [6.07, 6.45) is 3.09. The van der Waals surface area contributed by atoms with Gasteiger partial charge in [-0.25, -0.2) is 4.39 Å². The number of non-ortho nitro benzene ring substituents is 1. The zero-order valence-corrected chi connectivity index (χ0v) is 16.5. The molecule has 0 spiro atoms. The molecule has 1 saturated heterocycles. The van der Waals surface area contributed by atoms with Crippen molar-refractivity contribution in [2.75, 3.05) is 0 Å². The number of benzene rings is 2. The number of halogens is 1. The molecule has 9 heteroatoms. The van der Waals surface area contributed by atoms with Gasteiger partial charge in [0, 0.05) is 36.6 Å². The highest BCUT2D eigenvalue weighted by atomic mass is 19.1. The van der Waals surface area contributed by atoms with E-state index in [1.54, 1.807) is 18.3 Å². The van der Waals surface area contributed by atoms with E-state index in [4.69, 9.17) is 0 Å². The molecule has 1 aliphatic heterocycles. The number of likely N-dealkylation sites (tertiary alicyclic amines) is 1. The van der Waals surface area contributed by atoms with Crippen molar-refractivity contribution in [3.8, 4) is 0 Å². The minimum atomic E-state index is -1.08. The van der Waals surface area contributed by atoms with Crippen LogP contribution in [0, 0.1) is 15.9 Å². The van der Waals surface area contributed by atoms with Crippen LogP contribution in [0.4, 0.5) is 10.1 Å². The molecular weight excluding hydrogens is 417 g/mol. The summed E-state index contributed by atoms with van der Waals surface area (Å²) in [5.74, 6) is -2.83. The molecule has 1 aliphatic rings. The molecule has 1 unspecified atom stereocenters. The molecule has 8 nitrogen and oxygen atoms in total. The summed E-state index contributed by atoms with van der Waals surface area (Å²) in [6, 6.07) is 12.6. The van der Waals surface area contributed by atoms with Crippen molar-refractivity contribution in [2.45, 2.75) is 12.6 Å². The molecule has 32 heavy (non-hydrogen) atoms. The minimum absolute atomic E-state index is 0.00797. The highest BCUT2D eigenvalue weighted by Crippen LogP contribution is 2.41.